The first-order chi connectivity index (χ1) is 32.3. The molecule has 0 spiro atoms. The molecule has 0 aliphatic carbocycles. The minimum atomic E-state index is -1.67. The number of carbonyl (C=O) groups is 6. The number of amides is 2. The molecule has 2 saturated heterocycles. The van der Waals surface area contributed by atoms with E-state index in [4.69, 9.17) is 47.4 Å². The lowest BCUT2D eigenvalue weighted by Crippen LogP contribution is -2.70. The highest BCUT2D eigenvalue weighted by Crippen LogP contribution is 2.39. The first kappa shape index (κ1) is 48.8. The molecule has 0 unspecified atom stereocenters. The van der Waals surface area contributed by atoms with Gasteiger partial charge < -0.3 is 47.4 Å². The van der Waals surface area contributed by atoms with Crippen LogP contribution in [-0.4, -0.2) is 121 Å². The van der Waals surface area contributed by atoms with Gasteiger partial charge in [0.2, 0.25) is 6.29 Å². The lowest BCUT2D eigenvalue weighted by Gasteiger charge is -2.50. The number of ether oxygens (including phenoxy) is 10. The van der Waals surface area contributed by atoms with Crippen LogP contribution < -0.4 is 9.47 Å². The van der Waals surface area contributed by atoms with E-state index in [0.29, 0.717) is 11.3 Å². The average Bonchev–Trinajstić information content (AvgIpc) is 3.56. The summed E-state index contributed by atoms with van der Waals surface area (Å²) in [6.45, 7) is 4.55. The molecule has 7 rings (SSSR count). The van der Waals surface area contributed by atoms with E-state index in [9.17, 15) is 28.8 Å². The standard InChI is InChI=1S/C49H51NO16S/c1-28(51)60-42-39(27-67-31(4)54)65-49(45(62-30(3)53)44(42)61-29(2)52)66-41-38(26-58-24-32-14-8-6-9-15-32)64-48(63-35-22-20-34(57-5)21-23-35)40(43(41)59-25-33-16-10-7-11-17-33)50-46(55)36-18-12-13-19-37(36)47(50)56/h6-23,38-45,48-49H,24-27H2,1-5H3/t38-,39-,40-,41-,42-,43-,44+,45-,48-,49+/m1/s1. The molecule has 4 aromatic rings. The van der Waals surface area contributed by atoms with Crippen molar-refractivity contribution in [1.29, 1.82) is 0 Å². The van der Waals surface area contributed by atoms with Crippen molar-refractivity contribution in [3.63, 3.8) is 0 Å². The number of imide groups is 1. The summed E-state index contributed by atoms with van der Waals surface area (Å²) < 4.78 is 62.7. The van der Waals surface area contributed by atoms with E-state index in [1.165, 1.54) is 14.0 Å². The molecule has 0 saturated carbocycles. The number of hydrogen-bond acceptors (Lipinski definition) is 17. The van der Waals surface area contributed by atoms with Crippen LogP contribution in [0.3, 0.4) is 0 Å². The summed E-state index contributed by atoms with van der Waals surface area (Å²) in [4.78, 5) is 80.8. The third kappa shape index (κ3) is 12.1. The van der Waals surface area contributed by atoms with Gasteiger partial charge in [0.05, 0.1) is 38.1 Å². The Morgan fingerprint density at radius 1 is 0.582 bits per heavy atom. The number of rotatable bonds is 18. The van der Waals surface area contributed by atoms with Crippen molar-refractivity contribution >= 4 is 46.6 Å². The maximum absolute atomic E-state index is 14.6. The van der Waals surface area contributed by atoms with E-state index in [1.807, 2.05) is 60.7 Å². The number of hydrogen-bond donors (Lipinski definition) is 0. The summed E-state index contributed by atoms with van der Waals surface area (Å²) in [6, 6.07) is 30.1. The summed E-state index contributed by atoms with van der Waals surface area (Å²) >= 11 is 0.849. The number of thioether (sulfide) groups is 1. The Morgan fingerprint density at radius 2 is 1.10 bits per heavy atom. The van der Waals surface area contributed by atoms with Crippen LogP contribution in [0.4, 0.5) is 0 Å². The lowest BCUT2D eigenvalue weighted by atomic mass is 9.93. The molecule has 10 atom stereocenters. The Bertz CT molecular complexity index is 2330. The summed E-state index contributed by atoms with van der Waals surface area (Å²) in [5.41, 5.74) is 1.82. The van der Waals surface area contributed by atoms with Crippen LogP contribution in [-0.2, 0) is 70.3 Å². The van der Waals surface area contributed by atoms with Gasteiger partial charge in [-0.15, -0.1) is 0 Å². The molecule has 3 aliphatic heterocycles. The van der Waals surface area contributed by atoms with Gasteiger partial charge in [0, 0.05) is 33.4 Å². The largest absolute Gasteiger partial charge is 0.497 e. The Kier molecular flexibility index (Phi) is 16.4. The zero-order chi connectivity index (χ0) is 47.6. The number of fused-ring (bicyclic) bond motifs is 1. The van der Waals surface area contributed by atoms with Gasteiger partial charge in [-0.05, 0) is 47.5 Å². The Hall–Kier alpha value is -6.15. The SMILES string of the molecule is COc1ccc(O[C@@H]2O[C@H](COCc3ccccc3)[C@@H](O[C@@H]3O[C@H](CSC(C)=O)[C@@H](OC(C)=O)[C@H](OC(C)=O)[C@H]3OC(C)=O)[C@H](OCc3ccccc3)[C@H]2N2C(=O)c3ccccc3C2=O)cc1. The van der Waals surface area contributed by atoms with Crippen molar-refractivity contribution in [1.82, 2.24) is 4.90 Å². The van der Waals surface area contributed by atoms with Crippen molar-refractivity contribution in [2.75, 3.05) is 19.5 Å². The van der Waals surface area contributed by atoms with E-state index in [0.717, 1.165) is 43.0 Å². The van der Waals surface area contributed by atoms with Crippen LogP contribution >= 0.6 is 11.8 Å². The summed E-state index contributed by atoms with van der Waals surface area (Å²) in [7, 11) is 1.52. The maximum Gasteiger partial charge on any atom is 0.303 e. The van der Waals surface area contributed by atoms with Crippen LogP contribution in [0.5, 0.6) is 11.5 Å². The first-order valence-corrected chi connectivity index (χ1v) is 22.5. The van der Waals surface area contributed by atoms with Crippen LogP contribution in [0.25, 0.3) is 0 Å². The predicted octanol–water partition coefficient (Wildman–Crippen LogP) is 5.45. The Morgan fingerprint density at radius 3 is 1.67 bits per heavy atom. The zero-order valence-corrected chi connectivity index (χ0v) is 38.2. The fraction of sp³-hybridized carbons (Fsp3) is 0.388. The molecule has 354 valence electrons. The molecule has 0 aromatic heterocycles. The molecular weight excluding hydrogens is 891 g/mol. The van der Waals surface area contributed by atoms with Crippen molar-refractivity contribution in [3.05, 3.63) is 131 Å². The minimum absolute atomic E-state index is 0.0841. The number of methoxy groups -OCH3 is 1. The van der Waals surface area contributed by atoms with Crippen molar-refractivity contribution in [2.24, 2.45) is 0 Å². The van der Waals surface area contributed by atoms with Crippen molar-refractivity contribution < 1.29 is 76.1 Å². The average molecular weight is 942 g/mol. The van der Waals surface area contributed by atoms with Gasteiger partial charge >= 0.3 is 17.9 Å². The van der Waals surface area contributed by atoms with Crippen LogP contribution in [0.2, 0.25) is 0 Å². The number of carbonyl (C=O) groups excluding carboxylic acids is 6. The molecule has 2 fully saturated rings. The smallest absolute Gasteiger partial charge is 0.303 e. The van der Waals surface area contributed by atoms with Gasteiger partial charge in [-0.2, -0.15) is 0 Å². The number of benzene rings is 4. The monoisotopic (exact) mass is 941 g/mol. The van der Waals surface area contributed by atoms with E-state index in [1.54, 1.807) is 48.5 Å². The zero-order valence-electron chi connectivity index (χ0n) is 37.4. The molecule has 3 aliphatic rings. The van der Waals surface area contributed by atoms with E-state index in [-0.39, 0.29) is 47.6 Å². The maximum atomic E-state index is 14.6. The van der Waals surface area contributed by atoms with E-state index >= 15 is 0 Å². The highest BCUT2D eigenvalue weighted by molar-refractivity contribution is 8.13. The van der Waals surface area contributed by atoms with E-state index in [2.05, 4.69) is 0 Å². The molecule has 4 aromatic carbocycles. The highest BCUT2D eigenvalue weighted by Gasteiger charge is 2.59. The Balaban J connectivity index is 1.37. The molecule has 3 heterocycles. The highest BCUT2D eigenvalue weighted by atomic mass is 32.2. The third-order valence-electron chi connectivity index (χ3n) is 11.0. The second-order valence-corrected chi connectivity index (χ2v) is 17.0. The van der Waals surface area contributed by atoms with Gasteiger partial charge in [0.15, 0.2) is 29.7 Å². The van der Waals surface area contributed by atoms with Gasteiger partial charge in [-0.25, -0.2) is 0 Å². The van der Waals surface area contributed by atoms with Gasteiger partial charge in [-0.3, -0.25) is 33.7 Å². The summed E-state index contributed by atoms with van der Waals surface area (Å²) in [5, 5.41) is -0.300. The van der Waals surface area contributed by atoms with E-state index < -0.39 is 91.1 Å². The number of nitrogens with zero attached hydrogens (tertiary/aromatic N) is 1. The second-order valence-electron chi connectivity index (χ2n) is 15.8. The van der Waals surface area contributed by atoms with Gasteiger partial charge in [0.1, 0.15) is 42.0 Å². The summed E-state index contributed by atoms with van der Waals surface area (Å²) in [6.07, 6.45) is -12.8. The molecule has 0 radical (unpaired) electrons. The van der Waals surface area contributed by atoms with Crippen LogP contribution in [0.1, 0.15) is 59.5 Å². The second kappa shape index (κ2) is 22.6. The van der Waals surface area contributed by atoms with Gasteiger partial charge in [0.25, 0.3) is 11.8 Å². The molecule has 18 heteroatoms. The molecule has 2 amide bonds. The normalized spacial score (nSPS) is 25.7. The summed E-state index contributed by atoms with van der Waals surface area (Å²) in [5.74, 6) is -3.04. The quantitative estimate of drug-likeness (QED) is 0.0693. The third-order valence-corrected chi connectivity index (χ3v) is 11.9. The van der Waals surface area contributed by atoms with Gasteiger partial charge in [-0.1, -0.05) is 84.6 Å². The predicted molar refractivity (Wildman–Crippen MR) is 237 cm³/mol. The van der Waals surface area contributed by atoms with Crippen LogP contribution in [0, 0.1) is 0 Å². The lowest BCUT2D eigenvalue weighted by molar-refractivity contribution is -0.347. The first-order valence-electron chi connectivity index (χ1n) is 21.5. The van der Waals surface area contributed by atoms with Crippen molar-refractivity contribution in [2.45, 2.75) is 102 Å². The fourth-order valence-electron chi connectivity index (χ4n) is 8.10. The van der Waals surface area contributed by atoms with Crippen LogP contribution in [0.15, 0.2) is 109 Å². The van der Waals surface area contributed by atoms with Crippen molar-refractivity contribution in [3.8, 4) is 11.5 Å². The molecule has 17 nitrogen and oxygen atoms in total. The molecule has 0 N–H and O–H groups in total. The topological polar surface area (TPSA) is 198 Å². The minimum Gasteiger partial charge on any atom is -0.497 e. The molecule has 0 bridgehead atoms. The number of esters is 3. The molecular formula is C49H51NO16S. The fourth-order valence-corrected chi connectivity index (χ4v) is 8.77. The Labute approximate surface area is 391 Å². The molecule has 67 heavy (non-hydrogen) atoms.